The maximum atomic E-state index is 13.1. The maximum absolute atomic E-state index is 13.1. The number of β-lactam (4-membered cyclic amide) rings is 1. The van der Waals surface area contributed by atoms with Crippen molar-refractivity contribution in [2.75, 3.05) is 18.8 Å². The van der Waals surface area contributed by atoms with Crippen LogP contribution in [-0.2, 0) is 40.9 Å². The van der Waals surface area contributed by atoms with Crippen molar-refractivity contribution in [1.82, 2.24) is 35.3 Å². The van der Waals surface area contributed by atoms with Gasteiger partial charge in [-0.3, -0.25) is 23.7 Å². The molecule has 3 heterocycles. The Hall–Kier alpha value is -5.49. The molecular weight excluding hydrogens is 662 g/mol. The fourth-order valence-electron chi connectivity index (χ4n) is 3.53. The molecule has 46 heavy (non-hydrogen) atoms. The summed E-state index contributed by atoms with van der Waals surface area (Å²) in [5.74, 6) is -5.57. The van der Waals surface area contributed by atoms with Crippen LogP contribution < -0.4 is 32.4 Å². The first-order chi connectivity index (χ1) is 21.3. The molecule has 0 aliphatic carbocycles. The molecule has 2 aromatic heterocycles. The summed E-state index contributed by atoms with van der Waals surface area (Å²) < 4.78 is 33.5. The number of pyridine rings is 1. The zero-order valence-corrected chi connectivity index (χ0v) is 25.3. The molecule has 0 aromatic carbocycles. The number of nitrogen functional groups attached to an aromatic ring is 1. The minimum atomic E-state index is -5.16. The van der Waals surface area contributed by atoms with Crippen molar-refractivity contribution in [3.63, 3.8) is 0 Å². The first kappa shape index (κ1) is 35.0. The molecule has 1 fully saturated rings. The summed E-state index contributed by atoms with van der Waals surface area (Å²) >= 11 is 0.885. The van der Waals surface area contributed by atoms with Crippen LogP contribution in [0.3, 0.4) is 0 Å². The second-order valence-electron chi connectivity index (χ2n) is 9.75. The Balaban J connectivity index is 1.65. The van der Waals surface area contributed by atoms with Gasteiger partial charge >= 0.3 is 22.3 Å². The van der Waals surface area contributed by atoms with Gasteiger partial charge in [0.1, 0.15) is 11.7 Å². The normalized spacial score (nSPS) is 16.6. The van der Waals surface area contributed by atoms with Gasteiger partial charge in [-0.25, -0.2) is 18.9 Å². The largest absolute Gasteiger partial charge is 0.503 e. The van der Waals surface area contributed by atoms with Gasteiger partial charge in [0, 0.05) is 18.0 Å². The van der Waals surface area contributed by atoms with Crippen molar-refractivity contribution in [1.29, 1.82) is 0 Å². The van der Waals surface area contributed by atoms with Crippen LogP contribution in [0.2, 0.25) is 0 Å². The average Bonchev–Trinajstić information content (AvgIpc) is 3.38. The van der Waals surface area contributed by atoms with E-state index in [9.17, 15) is 57.2 Å². The smallest absolute Gasteiger partial charge is 0.362 e. The van der Waals surface area contributed by atoms with Crippen LogP contribution in [0.5, 0.6) is 5.75 Å². The Kier molecular flexibility index (Phi) is 10.4. The molecule has 0 radical (unpaired) electrons. The lowest BCUT2D eigenvalue weighted by Gasteiger charge is -2.44. The van der Waals surface area contributed by atoms with Crippen LogP contribution in [0.1, 0.15) is 25.2 Å². The second kappa shape index (κ2) is 13.7. The number of carboxylic acids is 1. The highest BCUT2D eigenvalue weighted by Gasteiger charge is 2.54. The van der Waals surface area contributed by atoms with Gasteiger partial charge < -0.3 is 47.3 Å². The number of anilines is 1. The van der Waals surface area contributed by atoms with E-state index in [1.165, 1.54) is 5.38 Å². The Morgan fingerprint density at radius 3 is 2.46 bits per heavy atom. The molecule has 1 aliphatic rings. The van der Waals surface area contributed by atoms with Gasteiger partial charge in [-0.1, -0.05) is 5.16 Å². The van der Waals surface area contributed by atoms with E-state index in [1.54, 1.807) is 0 Å². The molecule has 0 unspecified atom stereocenters. The van der Waals surface area contributed by atoms with Crippen LogP contribution >= 0.6 is 11.3 Å². The topological polar surface area (TPSA) is 334 Å². The number of oxime groups is 1. The summed E-state index contributed by atoms with van der Waals surface area (Å²) in [6, 6.07) is -3.33. The zero-order valence-electron chi connectivity index (χ0n) is 23.7. The van der Waals surface area contributed by atoms with Crippen LogP contribution in [0, 0.1) is 0 Å². The molecule has 2 aromatic rings. The van der Waals surface area contributed by atoms with Crippen LogP contribution in [0.25, 0.3) is 0 Å². The minimum Gasteiger partial charge on any atom is -0.503 e. The zero-order chi connectivity index (χ0) is 34.6. The standard InChI is InChI=1S/C22H27N9O13S2/c1-22(2,19(37)38)44-29-15(10-8-45-20(23)27-10)17(35)28-16-11(31(18(16)36)46(41,42)43)5-24-14(34)6-26-21(39)25-4-9-3-12(32)13(33)7-30(9)40/h3,7-8,11,16,33,40H,4-6H2,1-2H3,(H2,23,27)(H,24,34)(H,28,35)(H,37,38)(H2,25,26,39)(H,41,42,43)/t11-,16-/m0/s1. The number of aromatic hydroxyl groups is 1. The van der Waals surface area contributed by atoms with Crippen molar-refractivity contribution in [3.05, 3.63) is 39.3 Å². The number of carbonyl (C=O) groups excluding carboxylic acids is 4. The highest BCUT2D eigenvalue weighted by Crippen LogP contribution is 2.24. The number of nitrogens with zero attached hydrogens (tertiary/aromatic N) is 4. The van der Waals surface area contributed by atoms with Gasteiger partial charge in [-0.15, -0.1) is 11.3 Å². The van der Waals surface area contributed by atoms with Gasteiger partial charge in [0.05, 0.1) is 31.0 Å². The van der Waals surface area contributed by atoms with E-state index in [2.05, 4.69) is 31.4 Å². The SMILES string of the molecule is CC(C)(ON=C(C(=O)N[C@@H]1C(=O)N(S(=O)(=O)O)[C@H]1CNC(=O)CNC(=O)NCc1cc(=O)c(O)cn1O)c1csc(N)n1)C(=O)O. The van der Waals surface area contributed by atoms with Gasteiger partial charge in [0.2, 0.25) is 16.9 Å². The molecule has 1 saturated heterocycles. The third-order valence-electron chi connectivity index (χ3n) is 6.00. The summed E-state index contributed by atoms with van der Waals surface area (Å²) in [6.45, 7) is 0.496. The Bertz CT molecular complexity index is 1750. The number of nitrogens with two attached hydrogens (primary N) is 1. The summed E-state index contributed by atoms with van der Waals surface area (Å²) in [5, 5.41) is 41.8. The fourth-order valence-corrected chi connectivity index (χ4v) is 4.96. The number of urea groups is 1. The highest BCUT2D eigenvalue weighted by atomic mass is 32.2. The number of thiazole rings is 1. The molecule has 10 N–H and O–H groups in total. The van der Waals surface area contributed by atoms with Gasteiger partial charge in [-0.2, -0.15) is 13.1 Å². The number of carboxylic acid groups (broad SMARTS) is 1. The number of rotatable bonds is 13. The van der Waals surface area contributed by atoms with Crippen LogP contribution in [-0.4, -0.2) is 109 Å². The number of hydrogen-bond acceptors (Lipinski definition) is 15. The van der Waals surface area contributed by atoms with Gasteiger partial charge in [0.15, 0.2) is 16.6 Å². The molecular formula is C22H27N9O13S2. The number of hydrogen-bond donors (Lipinski definition) is 9. The summed E-state index contributed by atoms with van der Waals surface area (Å²) in [4.78, 5) is 81.8. The highest BCUT2D eigenvalue weighted by molar-refractivity contribution is 7.84. The first-order valence-corrected chi connectivity index (χ1v) is 14.8. The number of carbonyl (C=O) groups is 5. The molecule has 0 spiro atoms. The molecule has 0 saturated carbocycles. The van der Waals surface area contributed by atoms with E-state index in [1.807, 2.05) is 0 Å². The molecule has 3 rings (SSSR count). The van der Waals surface area contributed by atoms with Crippen LogP contribution in [0.15, 0.2) is 27.6 Å². The Morgan fingerprint density at radius 2 is 1.87 bits per heavy atom. The lowest BCUT2D eigenvalue weighted by molar-refractivity contribution is -0.161. The van der Waals surface area contributed by atoms with Crippen molar-refractivity contribution in [2.24, 2.45) is 5.16 Å². The molecule has 24 heteroatoms. The summed E-state index contributed by atoms with van der Waals surface area (Å²) in [7, 11) is -5.16. The van der Waals surface area contributed by atoms with Crippen molar-refractivity contribution >= 4 is 62.2 Å². The van der Waals surface area contributed by atoms with Gasteiger partial charge in [0.25, 0.3) is 11.8 Å². The molecule has 1 aliphatic heterocycles. The van der Waals surface area contributed by atoms with E-state index < -0.39 is 94.2 Å². The van der Waals surface area contributed by atoms with Crippen LogP contribution in [0.4, 0.5) is 9.93 Å². The lowest BCUT2D eigenvalue weighted by Crippen LogP contribution is -2.74. The number of amides is 5. The van der Waals surface area contributed by atoms with E-state index in [4.69, 9.17) is 10.6 Å². The number of aromatic nitrogens is 2. The first-order valence-electron chi connectivity index (χ1n) is 12.6. The maximum Gasteiger partial charge on any atom is 0.362 e. The van der Waals surface area contributed by atoms with Crippen molar-refractivity contribution in [2.45, 2.75) is 38.1 Å². The van der Waals surface area contributed by atoms with Crippen molar-refractivity contribution in [3.8, 4) is 5.75 Å². The summed E-state index contributed by atoms with van der Waals surface area (Å²) in [5.41, 5.74) is 1.94. The molecule has 250 valence electrons. The number of aliphatic carboxylic acids is 1. The lowest BCUT2D eigenvalue weighted by atomic mass is 9.98. The van der Waals surface area contributed by atoms with E-state index in [0.29, 0.717) is 10.9 Å². The fraction of sp³-hybridized carbons (Fsp3) is 0.364. The Morgan fingerprint density at radius 1 is 1.20 bits per heavy atom. The molecule has 2 atom stereocenters. The third kappa shape index (κ3) is 8.36. The average molecular weight is 690 g/mol. The minimum absolute atomic E-state index is 0.00782. The van der Waals surface area contributed by atoms with E-state index >= 15 is 0 Å². The molecule has 22 nitrogen and oxygen atoms in total. The predicted molar refractivity (Wildman–Crippen MR) is 153 cm³/mol. The number of nitrogens with one attached hydrogen (secondary N) is 4. The molecule has 5 amide bonds. The predicted octanol–water partition coefficient (Wildman–Crippen LogP) is -3.47. The van der Waals surface area contributed by atoms with E-state index in [-0.39, 0.29) is 20.8 Å². The summed E-state index contributed by atoms with van der Waals surface area (Å²) in [6.07, 6.45) is 0.706. The second-order valence-corrected chi connectivity index (χ2v) is 11.9. The third-order valence-corrected chi connectivity index (χ3v) is 7.62. The van der Waals surface area contributed by atoms with E-state index in [0.717, 1.165) is 31.3 Å². The molecule has 0 bridgehead atoms. The van der Waals surface area contributed by atoms with Crippen molar-refractivity contribution < 1.29 is 57.2 Å². The monoisotopic (exact) mass is 689 g/mol. The van der Waals surface area contributed by atoms with Gasteiger partial charge in [-0.05, 0) is 13.8 Å². The quantitative estimate of drug-likeness (QED) is 0.0324. The Labute approximate surface area is 261 Å².